The Morgan fingerprint density at radius 3 is 2.68 bits per heavy atom. The van der Waals surface area contributed by atoms with Gasteiger partial charge in [0.2, 0.25) is 5.91 Å². The van der Waals surface area contributed by atoms with Crippen molar-refractivity contribution in [2.24, 2.45) is 0 Å². The van der Waals surface area contributed by atoms with Crippen LogP contribution in [0.1, 0.15) is 11.3 Å². The van der Waals surface area contributed by atoms with Crippen molar-refractivity contribution in [1.82, 2.24) is 9.97 Å². The van der Waals surface area contributed by atoms with Crippen LogP contribution in [0.5, 0.6) is 0 Å². The Hall–Kier alpha value is -2.57. The Morgan fingerprint density at radius 2 is 1.88 bits per heavy atom. The largest absolute Gasteiger partial charge is 0.302 e. The van der Waals surface area contributed by atoms with E-state index in [4.69, 9.17) is 0 Å². The molecule has 124 valence electrons. The minimum atomic E-state index is -0.0974. The molecular weight excluding hydrogens is 350 g/mol. The van der Waals surface area contributed by atoms with Gasteiger partial charge in [0, 0.05) is 10.9 Å². The summed E-state index contributed by atoms with van der Waals surface area (Å²) in [5.41, 5.74) is 3.97. The topological polar surface area (TPSA) is 54.9 Å². The van der Waals surface area contributed by atoms with E-state index >= 15 is 0 Å². The number of hydrogen-bond donors (Lipinski definition) is 1. The lowest BCUT2D eigenvalue weighted by molar-refractivity contribution is -0.115. The number of rotatable bonds is 4. The number of thiazole rings is 2. The molecule has 4 nitrogen and oxygen atoms in total. The summed E-state index contributed by atoms with van der Waals surface area (Å²) in [6, 6.07) is 16.1. The Balaban J connectivity index is 1.45. The van der Waals surface area contributed by atoms with E-state index in [-0.39, 0.29) is 12.3 Å². The summed E-state index contributed by atoms with van der Waals surface area (Å²) in [6.07, 6.45) is 0.248. The molecule has 4 aromatic rings. The molecule has 1 N–H and O–H groups in total. The van der Waals surface area contributed by atoms with E-state index < -0.39 is 0 Å². The molecule has 0 spiro atoms. The first kappa shape index (κ1) is 15.9. The molecule has 0 atom stereocenters. The van der Waals surface area contributed by atoms with Crippen LogP contribution in [0.15, 0.2) is 53.9 Å². The number of fused-ring (bicyclic) bond motifs is 1. The Labute approximate surface area is 153 Å². The van der Waals surface area contributed by atoms with Crippen molar-refractivity contribution in [3.05, 3.63) is 65.2 Å². The predicted molar refractivity (Wildman–Crippen MR) is 104 cm³/mol. The van der Waals surface area contributed by atoms with Gasteiger partial charge in [-0.15, -0.1) is 11.3 Å². The van der Waals surface area contributed by atoms with Gasteiger partial charge < -0.3 is 5.32 Å². The molecule has 0 aliphatic rings. The molecule has 0 saturated heterocycles. The van der Waals surface area contributed by atoms with E-state index in [0.717, 1.165) is 26.5 Å². The highest BCUT2D eigenvalue weighted by molar-refractivity contribution is 7.22. The number of carbonyl (C=O) groups is 1. The average molecular weight is 365 g/mol. The lowest BCUT2D eigenvalue weighted by Crippen LogP contribution is -2.14. The van der Waals surface area contributed by atoms with Crippen LogP contribution in [0.2, 0.25) is 0 Å². The second-order valence-corrected chi connectivity index (χ2v) is 7.61. The summed E-state index contributed by atoms with van der Waals surface area (Å²) in [5, 5.41) is 6.37. The minimum absolute atomic E-state index is 0.0974. The number of para-hydroxylation sites is 1. The van der Waals surface area contributed by atoms with E-state index in [0.29, 0.717) is 5.13 Å². The minimum Gasteiger partial charge on any atom is -0.302 e. The van der Waals surface area contributed by atoms with Crippen LogP contribution >= 0.6 is 22.7 Å². The van der Waals surface area contributed by atoms with Gasteiger partial charge >= 0.3 is 0 Å². The zero-order valence-electron chi connectivity index (χ0n) is 13.5. The molecule has 0 fully saturated rings. The van der Waals surface area contributed by atoms with Crippen molar-refractivity contribution in [3.63, 3.8) is 0 Å². The highest BCUT2D eigenvalue weighted by Gasteiger charge is 2.11. The van der Waals surface area contributed by atoms with Gasteiger partial charge in [-0.3, -0.25) is 4.79 Å². The summed E-state index contributed by atoms with van der Waals surface area (Å²) < 4.78 is 1.06. The lowest BCUT2D eigenvalue weighted by Gasteiger charge is -1.99. The number of nitrogens with zero attached hydrogens (tertiary/aromatic N) is 2. The van der Waals surface area contributed by atoms with Crippen molar-refractivity contribution < 1.29 is 4.79 Å². The quantitative estimate of drug-likeness (QED) is 0.559. The molecule has 0 radical (unpaired) electrons. The van der Waals surface area contributed by atoms with Gasteiger partial charge in [-0.1, -0.05) is 53.3 Å². The van der Waals surface area contributed by atoms with Crippen LogP contribution in [0.25, 0.3) is 20.8 Å². The molecule has 1 amide bonds. The molecule has 2 aromatic carbocycles. The molecular formula is C19H15N3OS2. The van der Waals surface area contributed by atoms with Crippen molar-refractivity contribution in [2.75, 3.05) is 5.32 Å². The number of aromatic nitrogens is 2. The van der Waals surface area contributed by atoms with Crippen LogP contribution in [0.3, 0.4) is 0 Å². The first-order chi connectivity index (χ1) is 12.2. The molecule has 0 saturated carbocycles. The maximum absolute atomic E-state index is 12.3. The fourth-order valence-corrected chi connectivity index (χ4v) is 4.18. The standard InChI is InChI=1S/C19H15N3OS2/c1-12-6-8-13(9-7-12)18-20-14(11-24-18)10-17(23)22-19-21-15-4-2-3-5-16(15)25-19/h2-9,11H,10H2,1H3,(H,21,22,23). The van der Waals surface area contributed by atoms with Gasteiger partial charge in [0.05, 0.1) is 22.3 Å². The Morgan fingerprint density at radius 1 is 1.08 bits per heavy atom. The SMILES string of the molecule is Cc1ccc(-c2nc(CC(=O)Nc3nc4ccccc4s3)cs2)cc1. The molecule has 2 aromatic heterocycles. The summed E-state index contributed by atoms with van der Waals surface area (Å²) in [7, 11) is 0. The molecule has 0 aliphatic carbocycles. The summed E-state index contributed by atoms with van der Waals surface area (Å²) in [5.74, 6) is -0.0974. The third kappa shape index (κ3) is 3.60. The van der Waals surface area contributed by atoms with Crippen LogP contribution in [-0.4, -0.2) is 15.9 Å². The van der Waals surface area contributed by atoms with E-state index in [9.17, 15) is 4.79 Å². The molecule has 0 aliphatic heterocycles. The maximum Gasteiger partial charge on any atom is 0.232 e. The normalized spacial score (nSPS) is 10.9. The number of aryl methyl sites for hydroxylation is 1. The smallest absolute Gasteiger partial charge is 0.232 e. The zero-order chi connectivity index (χ0) is 17.2. The molecule has 6 heteroatoms. The van der Waals surface area contributed by atoms with E-state index in [1.165, 1.54) is 16.9 Å². The van der Waals surface area contributed by atoms with Gasteiger partial charge in [-0.05, 0) is 19.1 Å². The Bertz CT molecular complexity index is 1000. The van der Waals surface area contributed by atoms with Crippen LogP contribution in [0.4, 0.5) is 5.13 Å². The number of carbonyl (C=O) groups excluding carboxylic acids is 1. The fraction of sp³-hybridized carbons (Fsp3) is 0.105. The van der Waals surface area contributed by atoms with Gasteiger partial charge in [0.25, 0.3) is 0 Å². The fourth-order valence-electron chi connectivity index (χ4n) is 2.47. The lowest BCUT2D eigenvalue weighted by atomic mass is 10.2. The highest BCUT2D eigenvalue weighted by Crippen LogP contribution is 2.26. The van der Waals surface area contributed by atoms with Crippen molar-refractivity contribution in [3.8, 4) is 10.6 Å². The molecule has 2 heterocycles. The molecule has 4 rings (SSSR count). The van der Waals surface area contributed by atoms with E-state index in [1.807, 2.05) is 29.6 Å². The highest BCUT2D eigenvalue weighted by atomic mass is 32.1. The molecule has 0 bridgehead atoms. The number of nitrogens with one attached hydrogen (secondary N) is 1. The first-order valence-electron chi connectivity index (χ1n) is 7.84. The first-order valence-corrected chi connectivity index (χ1v) is 9.54. The second kappa shape index (κ2) is 6.74. The van der Waals surface area contributed by atoms with Gasteiger partial charge in [-0.2, -0.15) is 0 Å². The van der Waals surface area contributed by atoms with Crippen LogP contribution in [-0.2, 0) is 11.2 Å². The molecule has 0 unspecified atom stereocenters. The third-order valence-corrected chi connectivity index (χ3v) is 5.62. The van der Waals surface area contributed by atoms with Crippen molar-refractivity contribution in [2.45, 2.75) is 13.3 Å². The van der Waals surface area contributed by atoms with E-state index in [2.05, 4.69) is 46.5 Å². The number of benzene rings is 2. The second-order valence-electron chi connectivity index (χ2n) is 5.72. The summed E-state index contributed by atoms with van der Waals surface area (Å²) in [6.45, 7) is 2.06. The van der Waals surface area contributed by atoms with Gasteiger partial charge in [0.1, 0.15) is 5.01 Å². The van der Waals surface area contributed by atoms with Gasteiger partial charge in [0.15, 0.2) is 5.13 Å². The number of anilines is 1. The monoisotopic (exact) mass is 365 g/mol. The maximum atomic E-state index is 12.3. The van der Waals surface area contributed by atoms with Gasteiger partial charge in [-0.25, -0.2) is 9.97 Å². The predicted octanol–water partition coefficient (Wildman–Crippen LogP) is 4.91. The molecule has 25 heavy (non-hydrogen) atoms. The summed E-state index contributed by atoms with van der Waals surface area (Å²) >= 11 is 3.04. The van der Waals surface area contributed by atoms with Crippen molar-refractivity contribution >= 4 is 43.9 Å². The van der Waals surface area contributed by atoms with Crippen molar-refractivity contribution in [1.29, 1.82) is 0 Å². The zero-order valence-corrected chi connectivity index (χ0v) is 15.2. The summed E-state index contributed by atoms with van der Waals surface area (Å²) in [4.78, 5) is 21.3. The van der Waals surface area contributed by atoms with Crippen LogP contribution in [0, 0.1) is 6.92 Å². The van der Waals surface area contributed by atoms with Crippen LogP contribution < -0.4 is 5.32 Å². The average Bonchev–Trinajstić information content (AvgIpc) is 3.21. The Kier molecular flexibility index (Phi) is 4.29. The number of amides is 1. The van der Waals surface area contributed by atoms with E-state index in [1.54, 1.807) is 11.3 Å². The third-order valence-electron chi connectivity index (χ3n) is 3.73. The number of hydrogen-bond acceptors (Lipinski definition) is 5.